The van der Waals surface area contributed by atoms with Crippen LogP contribution in [0.25, 0.3) is 33.3 Å². The quantitative estimate of drug-likeness (QED) is 0.459. The molecule has 8 heteroatoms. The summed E-state index contributed by atoms with van der Waals surface area (Å²) in [6.45, 7) is 0.744. The third-order valence-electron chi connectivity index (χ3n) is 6.49. The van der Waals surface area contributed by atoms with Gasteiger partial charge in [-0.1, -0.05) is 0 Å². The Morgan fingerprint density at radius 3 is 2.78 bits per heavy atom. The SMILES string of the molecule is CNc1ncc(-c2nc3cc(OCC4CC4)ccc3o2)c2cc(C3(C(N)=O)CC3)ncc12. The van der Waals surface area contributed by atoms with Crippen molar-refractivity contribution < 1.29 is 13.9 Å². The molecule has 4 aromatic rings. The van der Waals surface area contributed by atoms with Crippen LogP contribution in [0.1, 0.15) is 31.4 Å². The van der Waals surface area contributed by atoms with Crippen molar-refractivity contribution in [3.05, 3.63) is 42.4 Å². The number of anilines is 1. The number of hydrogen-bond acceptors (Lipinski definition) is 7. The van der Waals surface area contributed by atoms with Gasteiger partial charge in [-0.2, -0.15) is 0 Å². The topological polar surface area (TPSA) is 116 Å². The molecular weight excluding hydrogens is 406 g/mol. The van der Waals surface area contributed by atoms with Crippen LogP contribution in [0.4, 0.5) is 5.82 Å². The van der Waals surface area contributed by atoms with Gasteiger partial charge in [-0.3, -0.25) is 9.78 Å². The molecule has 3 N–H and O–H groups in total. The van der Waals surface area contributed by atoms with Crippen molar-refractivity contribution in [3.63, 3.8) is 0 Å². The van der Waals surface area contributed by atoms with Crippen LogP contribution < -0.4 is 15.8 Å². The molecule has 0 spiro atoms. The average Bonchev–Trinajstić information content (AvgIpc) is 3.73. The van der Waals surface area contributed by atoms with E-state index in [-0.39, 0.29) is 5.91 Å². The fourth-order valence-corrected chi connectivity index (χ4v) is 4.13. The lowest BCUT2D eigenvalue weighted by Crippen LogP contribution is -2.29. The van der Waals surface area contributed by atoms with Crippen molar-refractivity contribution >= 4 is 33.6 Å². The molecule has 0 radical (unpaired) electrons. The van der Waals surface area contributed by atoms with Gasteiger partial charge in [0.15, 0.2) is 5.58 Å². The molecule has 0 unspecified atom stereocenters. The number of carbonyl (C=O) groups is 1. The van der Waals surface area contributed by atoms with Crippen molar-refractivity contribution in [2.24, 2.45) is 11.7 Å². The summed E-state index contributed by atoms with van der Waals surface area (Å²) in [6, 6.07) is 7.61. The largest absolute Gasteiger partial charge is 0.493 e. The highest BCUT2D eigenvalue weighted by molar-refractivity contribution is 6.01. The van der Waals surface area contributed by atoms with E-state index < -0.39 is 5.41 Å². The molecule has 162 valence electrons. The van der Waals surface area contributed by atoms with E-state index in [1.807, 2.05) is 31.3 Å². The van der Waals surface area contributed by atoms with Crippen LogP contribution >= 0.6 is 0 Å². The average molecular weight is 429 g/mol. The molecule has 0 bridgehead atoms. The molecule has 8 nitrogen and oxygen atoms in total. The first-order valence-electron chi connectivity index (χ1n) is 10.9. The Balaban J connectivity index is 1.45. The number of aromatic nitrogens is 3. The number of nitrogens with zero attached hydrogens (tertiary/aromatic N) is 3. The van der Waals surface area contributed by atoms with E-state index in [9.17, 15) is 4.79 Å². The first-order valence-corrected chi connectivity index (χ1v) is 10.9. The van der Waals surface area contributed by atoms with Gasteiger partial charge in [-0.05, 0) is 49.8 Å². The van der Waals surface area contributed by atoms with E-state index >= 15 is 0 Å². The Morgan fingerprint density at radius 2 is 2.06 bits per heavy atom. The molecule has 1 aromatic carbocycles. The maximum absolute atomic E-state index is 12.1. The Kier molecular flexibility index (Phi) is 4.11. The van der Waals surface area contributed by atoms with Gasteiger partial charge in [0.1, 0.15) is 17.1 Å². The number of benzene rings is 1. The minimum absolute atomic E-state index is 0.339. The Hall–Kier alpha value is -3.68. The fraction of sp³-hybridized carbons (Fsp3) is 0.333. The lowest BCUT2D eigenvalue weighted by atomic mass is 9.98. The standard InChI is InChI=1S/C24H23N5O3/c1-26-21-16-10-27-20(24(6-7-24)23(25)30)9-15(16)17(11-28-21)22-29-18-8-14(4-5-19(18)32-22)31-12-13-2-3-13/h4-5,8-11,13H,2-3,6-7,12H2,1H3,(H2,25,30)(H,26,28). The minimum atomic E-state index is -0.677. The number of nitrogens with two attached hydrogens (primary N) is 1. The molecule has 3 aromatic heterocycles. The molecule has 0 atom stereocenters. The zero-order valence-electron chi connectivity index (χ0n) is 17.7. The number of hydrogen-bond donors (Lipinski definition) is 2. The van der Waals surface area contributed by atoms with Crippen molar-refractivity contribution in [3.8, 4) is 17.2 Å². The second-order valence-electron chi connectivity index (χ2n) is 8.73. The normalized spacial score (nSPS) is 16.9. The predicted octanol–water partition coefficient (Wildman–Crippen LogP) is 3.79. The molecule has 2 aliphatic carbocycles. The van der Waals surface area contributed by atoms with Gasteiger partial charge in [0, 0.05) is 36.3 Å². The molecule has 2 saturated carbocycles. The van der Waals surface area contributed by atoms with Gasteiger partial charge in [-0.15, -0.1) is 0 Å². The van der Waals surface area contributed by atoms with Crippen molar-refractivity contribution in [2.45, 2.75) is 31.1 Å². The molecule has 3 heterocycles. The van der Waals surface area contributed by atoms with Gasteiger partial charge in [-0.25, -0.2) is 9.97 Å². The number of carbonyl (C=O) groups excluding carboxylic acids is 1. The Bertz CT molecular complexity index is 1370. The summed E-state index contributed by atoms with van der Waals surface area (Å²) in [4.78, 5) is 25.8. The van der Waals surface area contributed by atoms with E-state index in [1.54, 1.807) is 12.4 Å². The maximum Gasteiger partial charge on any atom is 0.229 e. The number of rotatable bonds is 7. The second kappa shape index (κ2) is 6.91. The van der Waals surface area contributed by atoms with E-state index in [4.69, 9.17) is 19.9 Å². The third kappa shape index (κ3) is 3.05. The number of amides is 1. The number of oxazole rings is 1. The zero-order valence-corrected chi connectivity index (χ0v) is 17.7. The summed E-state index contributed by atoms with van der Waals surface area (Å²) < 4.78 is 12.0. The summed E-state index contributed by atoms with van der Waals surface area (Å²) in [5, 5.41) is 4.78. The fourth-order valence-electron chi connectivity index (χ4n) is 4.13. The highest BCUT2D eigenvalue weighted by atomic mass is 16.5. The highest BCUT2D eigenvalue weighted by Gasteiger charge is 2.51. The summed E-state index contributed by atoms with van der Waals surface area (Å²) in [6.07, 6.45) is 7.39. The Morgan fingerprint density at radius 1 is 1.22 bits per heavy atom. The third-order valence-corrected chi connectivity index (χ3v) is 6.49. The van der Waals surface area contributed by atoms with Crippen LogP contribution in [-0.4, -0.2) is 34.5 Å². The lowest BCUT2D eigenvalue weighted by Gasteiger charge is -2.13. The van der Waals surface area contributed by atoms with Gasteiger partial charge in [0.2, 0.25) is 11.8 Å². The van der Waals surface area contributed by atoms with Gasteiger partial charge in [0.05, 0.1) is 23.3 Å². The summed E-state index contributed by atoms with van der Waals surface area (Å²) in [7, 11) is 1.81. The van der Waals surface area contributed by atoms with E-state index in [2.05, 4.69) is 15.3 Å². The van der Waals surface area contributed by atoms with Crippen LogP contribution in [0.2, 0.25) is 0 Å². The van der Waals surface area contributed by atoms with Gasteiger partial charge < -0.3 is 20.2 Å². The predicted molar refractivity (Wildman–Crippen MR) is 120 cm³/mol. The molecule has 2 fully saturated rings. The number of fused-ring (bicyclic) bond motifs is 2. The first-order chi connectivity index (χ1) is 15.6. The number of primary amides is 1. The van der Waals surface area contributed by atoms with Crippen LogP contribution in [0, 0.1) is 5.92 Å². The molecule has 1 amide bonds. The summed E-state index contributed by atoms with van der Waals surface area (Å²) >= 11 is 0. The van der Waals surface area contributed by atoms with Crippen LogP contribution in [0.3, 0.4) is 0 Å². The lowest BCUT2D eigenvalue weighted by molar-refractivity contribution is -0.120. The van der Waals surface area contributed by atoms with Crippen LogP contribution in [-0.2, 0) is 10.2 Å². The molecule has 2 aliphatic rings. The highest BCUT2D eigenvalue weighted by Crippen LogP contribution is 2.48. The minimum Gasteiger partial charge on any atom is -0.493 e. The van der Waals surface area contributed by atoms with Crippen molar-refractivity contribution in [1.29, 1.82) is 0 Å². The molecular formula is C24H23N5O3. The van der Waals surface area contributed by atoms with Crippen molar-refractivity contribution in [2.75, 3.05) is 19.0 Å². The Labute approximate surface area is 184 Å². The second-order valence-corrected chi connectivity index (χ2v) is 8.73. The van der Waals surface area contributed by atoms with Crippen molar-refractivity contribution in [1.82, 2.24) is 15.0 Å². The van der Waals surface area contributed by atoms with Crippen LogP contribution in [0.5, 0.6) is 5.75 Å². The van der Waals surface area contributed by atoms with E-state index in [1.165, 1.54) is 12.8 Å². The monoisotopic (exact) mass is 429 g/mol. The maximum atomic E-state index is 12.1. The molecule has 0 saturated heterocycles. The van der Waals surface area contributed by atoms with E-state index in [0.29, 0.717) is 41.7 Å². The molecule has 6 rings (SSSR count). The summed E-state index contributed by atoms with van der Waals surface area (Å²) in [5.74, 6) is 2.29. The van der Waals surface area contributed by atoms with Crippen LogP contribution in [0.15, 0.2) is 41.1 Å². The zero-order chi connectivity index (χ0) is 21.9. The molecule has 32 heavy (non-hydrogen) atoms. The van der Waals surface area contributed by atoms with E-state index in [0.717, 1.165) is 34.2 Å². The van der Waals surface area contributed by atoms with Gasteiger partial charge in [0.25, 0.3) is 0 Å². The number of nitrogens with one attached hydrogen (secondary N) is 1. The first kappa shape index (κ1) is 19.0. The summed E-state index contributed by atoms with van der Waals surface area (Å²) in [5.41, 5.74) is 7.82. The van der Waals surface area contributed by atoms with Gasteiger partial charge >= 0.3 is 0 Å². The number of pyridine rings is 2. The smallest absolute Gasteiger partial charge is 0.229 e. The number of ether oxygens (including phenoxy) is 1. The molecule has 0 aliphatic heterocycles.